The van der Waals surface area contributed by atoms with Gasteiger partial charge in [-0.1, -0.05) is 19.1 Å². The van der Waals surface area contributed by atoms with Crippen molar-refractivity contribution in [1.29, 1.82) is 0 Å². The van der Waals surface area contributed by atoms with Crippen molar-refractivity contribution in [2.75, 3.05) is 26.9 Å². The Hall–Kier alpha value is -1.06. The third kappa shape index (κ3) is 2.61. The van der Waals surface area contributed by atoms with Gasteiger partial charge >= 0.3 is 0 Å². The van der Waals surface area contributed by atoms with Crippen LogP contribution in [0.15, 0.2) is 24.3 Å². The quantitative estimate of drug-likeness (QED) is 0.849. The predicted octanol–water partition coefficient (Wildman–Crippen LogP) is 1.98. The van der Waals surface area contributed by atoms with Crippen LogP contribution < -0.4 is 4.74 Å². The topological polar surface area (TPSA) is 38.7 Å². The fraction of sp³-hybridized carbons (Fsp3) is 0.571. The highest BCUT2D eigenvalue weighted by Gasteiger charge is 2.32. The molecule has 0 aliphatic carbocycles. The molecule has 1 aromatic rings. The number of hydrogen-bond donors (Lipinski definition) is 1. The van der Waals surface area contributed by atoms with Crippen LogP contribution in [0.2, 0.25) is 0 Å². The fourth-order valence-electron chi connectivity index (χ4n) is 2.31. The van der Waals surface area contributed by atoms with Crippen molar-refractivity contribution in [3.63, 3.8) is 0 Å². The lowest BCUT2D eigenvalue weighted by Gasteiger charge is -2.36. The van der Waals surface area contributed by atoms with Gasteiger partial charge in [-0.05, 0) is 24.1 Å². The first-order valence-electron chi connectivity index (χ1n) is 6.01. The van der Waals surface area contributed by atoms with Gasteiger partial charge in [0.2, 0.25) is 0 Å². The molecule has 1 aliphatic rings. The van der Waals surface area contributed by atoms with Crippen LogP contribution in [-0.2, 0) is 10.2 Å². The van der Waals surface area contributed by atoms with Gasteiger partial charge in [0.25, 0.3) is 0 Å². The molecule has 0 radical (unpaired) electrons. The van der Waals surface area contributed by atoms with Gasteiger partial charge in [-0.25, -0.2) is 0 Å². The first-order valence-corrected chi connectivity index (χ1v) is 6.01. The van der Waals surface area contributed by atoms with Crippen LogP contribution in [0.5, 0.6) is 5.75 Å². The third-order valence-corrected chi connectivity index (χ3v) is 3.56. The van der Waals surface area contributed by atoms with Crippen LogP contribution >= 0.6 is 0 Å². The first kappa shape index (κ1) is 12.4. The van der Waals surface area contributed by atoms with Crippen LogP contribution in [0.1, 0.15) is 18.9 Å². The van der Waals surface area contributed by atoms with Gasteiger partial charge in [0, 0.05) is 11.3 Å². The second kappa shape index (κ2) is 5.07. The zero-order chi connectivity index (χ0) is 12.3. The molecule has 3 heteroatoms. The highest BCUT2D eigenvalue weighted by Crippen LogP contribution is 2.34. The summed E-state index contributed by atoms with van der Waals surface area (Å²) in [6.07, 6.45) is 0.955. The van der Waals surface area contributed by atoms with Crippen molar-refractivity contribution < 1.29 is 14.6 Å². The predicted molar refractivity (Wildman–Crippen MR) is 66.4 cm³/mol. The molecule has 1 aliphatic heterocycles. The van der Waals surface area contributed by atoms with Crippen molar-refractivity contribution in [1.82, 2.24) is 0 Å². The standard InChI is InChI=1S/C14H20O3/c1-14(10-15,7-11-8-17-9-11)12-4-3-5-13(6-12)16-2/h3-6,11,15H,7-10H2,1-2H3. The molecule has 2 rings (SSSR count). The van der Waals surface area contributed by atoms with Crippen LogP contribution in [0, 0.1) is 5.92 Å². The van der Waals surface area contributed by atoms with Crippen molar-refractivity contribution in [3.05, 3.63) is 29.8 Å². The maximum Gasteiger partial charge on any atom is 0.119 e. The Morgan fingerprint density at radius 3 is 2.76 bits per heavy atom. The molecule has 17 heavy (non-hydrogen) atoms. The van der Waals surface area contributed by atoms with Gasteiger partial charge in [-0.15, -0.1) is 0 Å². The summed E-state index contributed by atoms with van der Waals surface area (Å²) in [7, 11) is 1.66. The van der Waals surface area contributed by atoms with Crippen LogP contribution in [0.4, 0.5) is 0 Å². The third-order valence-electron chi connectivity index (χ3n) is 3.56. The van der Waals surface area contributed by atoms with Crippen LogP contribution in [-0.4, -0.2) is 32.0 Å². The molecule has 94 valence electrons. The highest BCUT2D eigenvalue weighted by molar-refractivity contribution is 5.33. The summed E-state index contributed by atoms with van der Waals surface area (Å²) in [5.74, 6) is 1.41. The van der Waals surface area contributed by atoms with Gasteiger partial charge in [0.1, 0.15) is 5.75 Å². The molecular formula is C14H20O3. The summed E-state index contributed by atoms with van der Waals surface area (Å²) in [5.41, 5.74) is 0.925. The summed E-state index contributed by atoms with van der Waals surface area (Å²) in [4.78, 5) is 0. The average Bonchev–Trinajstić information content (AvgIpc) is 2.33. The molecule has 0 saturated carbocycles. The lowest BCUT2D eigenvalue weighted by atomic mass is 9.75. The molecule has 0 amide bonds. The molecule has 3 nitrogen and oxygen atoms in total. The lowest BCUT2D eigenvalue weighted by molar-refractivity contribution is -0.0485. The Bertz CT molecular complexity index is 373. The number of benzene rings is 1. The maximum atomic E-state index is 9.69. The number of methoxy groups -OCH3 is 1. The highest BCUT2D eigenvalue weighted by atomic mass is 16.5. The Kier molecular flexibility index (Phi) is 3.69. The zero-order valence-corrected chi connectivity index (χ0v) is 10.5. The number of rotatable bonds is 5. The van der Waals surface area contributed by atoms with E-state index in [1.165, 1.54) is 0 Å². The summed E-state index contributed by atoms with van der Waals surface area (Å²) in [5, 5.41) is 9.69. The van der Waals surface area contributed by atoms with E-state index in [0.717, 1.165) is 30.9 Å². The number of ether oxygens (including phenoxy) is 2. The lowest BCUT2D eigenvalue weighted by Crippen LogP contribution is -2.37. The van der Waals surface area contributed by atoms with E-state index < -0.39 is 0 Å². The minimum Gasteiger partial charge on any atom is -0.497 e. The van der Waals surface area contributed by atoms with Gasteiger partial charge in [0.05, 0.1) is 26.9 Å². The van der Waals surface area contributed by atoms with Crippen molar-refractivity contribution in [2.45, 2.75) is 18.8 Å². The summed E-state index contributed by atoms with van der Waals surface area (Å²) in [6.45, 7) is 3.88. The Morgan fingerprint density at radius 1 is 1.47 bits per heavy atom. The smallest absolute Gasteiger partial charge is 0.119 e. The van der Waals surface area contributed by atoms with E-state index in [2.05, 4.69) is 13.0 Å². The van der Waals surface area contributed by atoms with E-state index in [1.807, 2.05) is 18.2 Å². The van der Waals surface area contributed by atoms with Crippen molar-refractivity contribution in [3.8, 4) is 5.75 Å². The van der Waals surface area contributed by atoms with Crippen LogP contribution in [0.25, 0.3) is 0 Å². The number of hydrogen-bond acceptors (Lipinski definition) is 3. The van der Waals surface area contributed by atoms with Crippen LogP contribution in [0.3, 0.4) is 0 Å². The van der Waals surface area contributed by atoms with E-state index in [9.17, 15) is 5.11 Å². The molecule has 0 spiro atoms. The number of aliphatic hydroxyl groups excluding tert-OH is 1. The molecule has 0 aromatic heterocycles. The first-order chi connectivity index (χ1) is 8.18. The average molecular weight is 236 g/mol. The van der Waals surface area contributed by atoms with E-state index in [-0.39, 0.29) is 12.0 Å². The summed E-state index contributed by atoms with van der Waals surface area (Å²) >= 11 is 0. The Labute approximate surface area is 102 Å². The molecule has 0 bridgehead atoms. The fourth-order valence-corrected chi connectivity index (χ4v) is 2.31. The van der Waals surface area contributed by atoms with Crippen molar-refractivity contribution >= 4 is 0 Å². The zero-order valence-electron chi connectivity index (χ0n) is 10.5. The molecule has 1 aromatic carbocycles. The second-order valence-electron chi connectivity index (χ2n) is 5.06. The van der Waals surface area contributed by atoms with Gasteiger partial charge in [-0.3, -0.25) is 0 Å². The molecule has 1 saturated heterocycles. The SMILES string of the molecule is COc1cccc(C(C)(CO)CC2COC2)c1. The molecule has 1 fully saturated rings. The van der Waals surface area contributed by atoms with Gasteiger partial charge in [-0.2, -0.15) is 0 Å². The van der Waals surface area contributed by atoms with E-state index in [4.69, 9.17) is 9.47 Å². The number of aliphatic hydroxyl groups is 1. The largest absolute Gasteiger partial charge is 0.497 e. The van der Waals surface area contributed by atoms with E-state index >= 15 is 0 Å². The Morgan fingerprint density at radius 2 is 2.24 bits per heavy atom. The second-order valence-corrected chi connectivity index (χ2v) is 5.06. The maximum absolute atomic E-state index is 9.69. The van der Waals surface area contributed by atoms with Gasteiger partial charge in [0.15, 0.2) is 0 Å². The normalized spacial score (nSPS) is 19.5. The summed E-state index contributed by atoms with van der Waals surface area (Å²) < 4.78 is 10.4. The minimum atomic E-state index is -0.205. The monoisotopic (exact) mass is 236 g/mol. The molecule has 1 unspecified atom stereocenters. The molecule has 1 heterocycles. The molecular weight excluding hydrogens is 216 g/mol. The van der Waals surface area contributed by atoms with Crippen molar-refractivity contribution in [2.24, 2.45) is 5.92 Å². The van der Waals surface area contributed by atoms with E-state index in [1.54, 1.807) is 7.11 Å². The minimum absolute atomic E-state index is 0.149. The van der Waals surface area contributed by atoms with E-state index in [0.29, 0.717) is 5.92 Å². The Balaban J connectivity index is 2.19. The molecule has 1 N–H and O–H groups in total. The molecule has 1 atom stereocenters. The summed E-state index contributed by atoms with van der Waals surface area (Å²) in [6, 6.07) is 7.96. The van der Waals surface area contributed by atoms with Gasteiger partial charge < -0.3 is 14.6 Å².